The number of nitrogen functional groups attached to an aromatic ring is 1. The highest BCUT2D eigenvalue weighted by molar-refractivity contribution is 9.10. The Bertz CT molecular complexity index is 657. The van der Waals surface area contributed by atoms with Gasteiger partial charge in [0.2, 0.25) is 5.91 Å². The van der Waals surface area contributed by atoms with Crippen LogP contribution in [0.25, 0.3) is 0 Å². The van der Waals surface area contributed by atoms with Crippen LogP contribution in [0, 0.1) is 0 Å². The molecule has 2 aromatic carbocycles. The summed E-state index contributed by atoms with van der Waals surface area (Å²) < 4.78 is 0.969. The largest absolute Gasteiger partial charge is 0.399 e. The molecule has 1 aliphatic rings. The fraction of sp³-hybridized carbons (Fsp3) is 0.0714. The van der Waals surface area contributed by atoms with Crippen molar-refractivity contribution < 1.29 is 4.79 Å². The first kappa shape index (κ1) is 12.0. The molecule has 3 rings (SSSR count). The molecule has 19 heavy (non-hydrogen) atoms. The molecular formula is C14H12BrN3O. The second kappa shape index (κ2) is 4.59. The van der Waals surface area contributed by atoms with Gasteiger partial charge in [-0.05, 0) is 36.4 Å². The van der Waals surface area contributed by atoms with E-state index in [0.29, 0.717) is 5.69 Å². The van der Waals surface area contributed by atoms with E-state index >= 15 is 0 Å². The molecule has 1 amide bonds. The van der Waals surface area contributed by atoms with Gasteiger partial charge in [-0.2, -0.15) is 0 Å². The van der Waals surface area contributed by atoms with Gasteiger partial charge in [0.05, 0.1) is 11.4 Å². The van der Waals surface area contributed by atoms with E-state index in [2.05, 4.69) is 21.2 Å². The third-order valence-corrected chi connectivity index (χ3v) is 3.50. The van der Waals surface area contributed by atoms with Gasteiger partial charge in [-0.25, -0.2) is 0 Å². The Morgan fingerprint density at radius 2 is 2.05 bits per heavy atom. The minimum Gasteiger partial charge on any atom is -0.399 e. The fourth-order valence-corrected chi connectivity index (χ4v) is 2.52. The van der Waals surface area contributed by atoms with Crippen LogP contribution in [0.15, 0.2) is 46.9 Å². The van der Waals surface area contributed by atoms with E-state index < -0.39 is 0 Å². The highest BCUT2D eigenvalue weighted by Crippen LogP contribution is 2.37. The van der Waals surface area contributed by atoms with Gasteiger partial charge in [0.25, 0.3) is 0 Å². The van der Waals surface area contributed by atoms with Gasteiger partial charge >= 0.3 is 0 Å². The maximum atomic E-state index is 11.8. The zero-order valence-corrected chi connectivity index (χ0v) is 11.6. The average molecular weight is 318 g/mol. The standard InChI is InChI=1S/C14H12BrN3O/c15-9-4-5-12-13(6-9)18(8-14(19)17-12)11-3-1-2-10(16)7-11/h1-7H,8,16H2,(H,17,19). The highest BCUT2D eigenvalue weighted by Gasteiger charge is 2.23. The van der Waals surface area contributed by atoms with Crippen LogP contribution in [0.4, 0.5) is 22.7 Å². The van der Waals surface area contributed by atoms with Crippen molar-refractivity contribution >= 4 is 44.6 Å². The molecule has 0 unspecified atom stereocenters. The van der Waals surface area contributed by atoms with Gasteiger partial charge in [0.15, 0.2) is 0 Å². The number of anilines is 4. The SMILES string of the molecule is Nc1cccc(N2CC(=O)Nc3ccc(Br)cc32)c1. The fourth-order valence-electron chi connectivity index (χ4n) is 2.18. The molecule has 0 fully saturated rings. The van der Waals surface area contributed by atoms with E-state index in [1.165, 1.54) is 0 Å². The molecule has 2 aromatic rings. The molecule has 5 heteroatoms. The number of nitrogens with one attached hydrogen (secondary N) is 1. The van der Waals surface area contributed by atoms with Gasteiger partial charge in [-0.3, -0.25) is 4.79 Å². The molecule has 4 nitrogen and oxygen atoms in total. The van der Waals surface area contributed by atoms with Crippen LogP contribution in [-0.2, 0) is 4.79 Å². The van der Waals surface area contributed by atoms with Crippen LogP contribution in [-0.4, -0.2) is 12.5 Å². The van der Waals surface area contributed by atoms with Gasteiger partial charge in [-0.15, -0.1) is 0 Å². The molecule has 0 saturated carbocycles. The lowest BCUT2D eigenvalue weighted by atomic mass is 10.1. The van der Waals surface area contributed by atoms with Crippen molar-refractivity contribution in [3.8, 4) is 0 Å². The molecule has 3 N–H and O–H groups in total. The lowest BCUT2D eigenvalue weighted by molar-refractivity contribution is -0.115. The number of carbonyl (C=O) groups is 1. The predicted molar refractivity (Wildman–Crippen MR) is 80.6 cm³/mol. The Labute approximate surface area is 119 Å². The number of hydrogen-bond donors (Lipinski definition) is 2. The Balaban J connectivity index is 2.12. The van der Waals surface area contributed by atoms with Crippen molar-refractivity contribution in [1.29, 1.82) is 0 Å². The van der Waals surface area contributed by atoms with E-state index in [0.717, 1.165) is 21.5 Å². The normalized spacial score (nSPS) is 13.9. The number of halogens is 1. The van der Waals surface area contributed by atoms with E-state index in [4.69, 9.17) is 5.73 Å². The summed E-state index contributed by atoms with van der Waals surface area (Å²) >= 11 is 3.46. The second-order valence-corrected chi connectivity index (χ2v) is 5.31. The summed E-state index contributed by atoms with van der Waals surface area (Å²) in [6, 6.07) is 13.3. The third kappa shape index (κ3) is 2.29. The van der Waals surface area contributed by atoms with Crippen LogP contribution in [0.5, 0.6) is 0 Å². The molecule has 0 aliphatic carbocycles. The quantitative estimate of drug-likeness (QED) is 0.794. The van der Waals surface area contributed by atoms with Crippen molar-refractivity contribution in [2.45, 2.75) is 0 Å². The first-order valence-electron chi connectivity index (χ1n) is 5.86. The smallest absolute Gasteiger partial charge is 0.244 e. The van der Waals surface area contributed by atoms with Crippen molar-refractivity contribution in [1.82, 2.24) is 0 Å². The molecule has 0 radical (unpaired) electrons. The van der Waals surface area contributed by atoms with Crippen molar-refractivity contribution in [2.24, 2.45) is 0 Å². The minimum absolute atomic E-state index is 0.0303. The van der Waals surface area contributed by atoms with Crippen LogP contribution >= 0.6 is 15.9 Å². The average Bonchev–Trinajstić information content (AvgIpc) is 2.38. The zero-order valence-electron chi connectivity index (χ0n) is 10.1. The first-order valence-corrected chi connectivity index (χ1v) is 6.65. The zero-order chi connectivity index (χ0) is 13.4. The number of hydrogen-bond acceptors (Lipinski definition) is 3. The Hall–Kier alpha value is -2.01. The number of benzene rings is 2. The minimum atomic E-state index is -0.0303. The number of carbonyl (C=O) groups excluding carboxylic acids is 1. The Morgan fingerprint density at radius 1 is 1.21 bits per heavy atom. The van der Waals surface area contributed by atoms with E-state index in [-0.39, 0.29) is 12.5 Å². The van der Waals surface area contributed by atoms with Gasteiger partial charge < -0.3 is 16.0 Å². The maximum absolute atomic E-state index is 11.8. The first-order chi connectivity index (χ1) is 9.13. The van der Waals surface area contributed by atoms with Crippen molar-refractivity contribution in [3.63, 3.8) is 0 Å². The monoisotopic (exact) mass is 317 g/mol. The summed E-state index contributed by atoms with van der Waals surface area (Å²) in [7, 11) is 0. The summed E-state index contributed by atoms with van der Waals surface area (Å²) in [6.45, 7) is 0.285. The van der Waals surface area contributed by atoms with E-state index in [1.807, 2.05) is 47.4 Å². The number of nitrogens with two attached hydrogens (primary N) is 1. The predicted octanol–water partition coefficient (Wildman–Crippen LogP) is 3.12. The van der Waals surface area contributed by atoms with Crippen molar-refractivity contribution in [2.75, 3.05) is 22.5 Å². The van der Waals surface area contributed by atoms with E-state index in [9.17, 15) is 4.79 Å². The lowest BCUT2D eigenvalue weighted by Crippen LogP contribution is -2.35. The molecule has 0 saturated heterocycles. The molecular weight excluding hydrogens is 306 g/mol. The number of nitrogens with zero attached hydrogens (tertiary/aromatic N) is 1. The number of amides is 1. The molecule has 0 aromatic heterocycles. The molecule has 1 aliphatic heterocycles. The Morgan fingerprint density at radius 3 is 2.84 bits per heavy atom. The topological polar surface area (TPSA) is 58.4 Å². The summed E-state index contributed by atoms with van der Waals surface area (Å²) in [5.74, 6) is -0.0303. The summed E-state index contributed by atoms with van der Waals surface area (Å²) in [4.78, 5) is 13.7. The highest BCUT2D eigenvalue weighted by atomic mass is 79.9. The third-order valence-electron chi connectivity index (χ3n) is 3.01. The van der Waals surface area contributed by atoms with Gasteiger partial charge in [-0.1, -0.05) is 22.0 Å². The summed E-state index contributed by atoms with van der Waals surface area (Å²) in [5.41, 5.74) is 9.17. The van der Waals surface area contributed by atoms with Crippen LogP contribution in [0.3, 0.4) is 0 Å². The number of rotatable bonds is 1. The van der Waals surface area contributed by atoms with Gasteiger partial charge in [0.1, 0.15) is 6.54 Å². The number of fused-ring (bicyclic) bond motifs is 1. The maximum Gasteiger partial charge on any atom is 0.244 e. The van der Waals surface area contributed by atoms with Crippen LogP contribution in [0.2, 0.25) is 0 Å². The van der Waals surface area contributed by atoms with Crippen molar-refractivity contribution in [3.05, 3.63) is 46.9 Å². The lowest BCUT2D eigenvalue weighted by Gasteiger charge is -2.31. The molecule has 0 atom stereocenters. The molecule has 96 valence electrons. The molecule has 1 heterocycles. The molecule has 0 bridgehead atoms. The van der Waals surface area contributed by atoms with Crippen LogP contribution < -0.4 is 16.0 Å². The van der Waals surface area contributed by atoms with Gasteiger partial charge in [0, 0.05) is 15.8 Å². The second-order valence-electron chi connectivity index (χ2n) is 4.39. The van der Waals surface area contributed by atoms with Crippen LogP contribution in [0.1, 0.15) is 0 Å². The Kier molecular flexibility index (Phi) is 2.91. The summed E-state index contributed by atoms with van der Waals surface area (Å²) in [5, 5.41) is 2.87. The van der Waals surface area contributed by atoms with E-state index in [1.54, 1.807) is 0 Å². The molecule has 0 spiro atoms. The summed E-state index contributed by atoms with van der Waals surface area (Å²) in [6.07, 6.45) is 0.